The number of hydrogen-bond donors (Lipinski definition) is 1. The summed E-state index contributed by atoms with van der Waals surface area (Å²) in [7, 11) is 0. The molecule has 1 aliphatic heterocycles. The maximum absolute atomic E-state index is 12.2. The summed E-state index contributed by atoms with van der Waals surface area (Å²) in [5.41, 5.74) is -0.760. The molecule has 2 fully saturated rings. The van der Waals surface area contributed by atoms with E-state index < -0.39 is 11.3 Å². The summed E-state index contributed by atoms with van der Waals surface area (Å²) >= 11 is 0. The van der Waals surface area contributed by atoms with Crippen molar-refractivity contribution in [3.05, 3.63) is 35.9 Å². The van der Waals surface area contributed by atoms with Crippen LogP contribution in [0.2, 0.25) is 0 Å². The molecule has 1 N–H and O–H groups in total. The zero-order valence-electron chi connectivity index (χ0n) is 12.5. The normalized spacial score (nSPS) is 27.9. The van der Waals surface area contributed by atoms with E-state index >= 15 is 0 Å². The number of ether oxygens (including phenoxy) is 1. The van der Waals surface area contributed by atoms with Crippen molar-refractivity contribution in [2.24, 2.45) is 0 Å². The molecule has 1 aromatic rings. The van der Waals surface area contributed by atoms with Gasteiger partial charge in [-0.3, -0.25) is 4.90 Å². The Balaban J connectivity index is 1.74. The number of hydrogen-bond acceptors (Lipinski definition) is 3. The molecule has 1 saturated heterocycles. The predicted octanol–water partition coefficient (Wildman–Crippen LogP) is 3.09. The minimum absolute atomic E-state index is 0.377. The van der Waals surface area contributed by atoms with Crippen molar-refractivity contribution in [2.75, 3.05) is 6.54 Å². The SMILES string of the molecule is C[C@@]1(O)N(CCc2ccccc2)C(=O)OC12CCCCC2. The summed E-state index contributed by atoms with van der Waals surface area (Å²) in [5, 5.41) is 11.0. The Morgan fingerprint density at radius 1 is 1.19 bits per heavy atom. The number of amides is 1. The fourth-order valence-electron chi connectivity index (χ4n) is 3.64. The van der Waals surface area contributed by atoms with Crippen LogP contribution in [-0.4, -0.2) is 34.0 Å². The number of carbonyl (C=O) groups excluding carboxylic acids is 1. The Bertz CT molecular complexity index is 506. The van der Waals surface area contributed by atoms with Crippen LogP contribution in [0.4, 0.5) is 4.79 Å². The fourth-order valence-corrected chi connectivity index (χ4v) is 3.64. The highest BCUT2D eigenvalue weighted by atomic mass is 16.6. The summed E-state index contributed by atoms with van der Waals surface area (Å²) in [6, 6.07) is 10.0. The topological polar surface area (TPSA) is 49.8 Å². The van der Waals surface area contributed by atoms with Gasteiger partial charge in [0, 0.05) is 6.54 Å². The molecule has 0 aromatic heterocycles. The molecule has 1 atom stereocenters. The monoisotopic (exact) mass is 289 g/mol. The van der Waals surface area contributed by atoms with E-state index in [2.05, 4.69) is 0 Å². The molecular weight excluding hydrogens is 266 g/mol. The smallest absolute Gasteiger partial charge is 0.412 e. The molecule has 4 nitrogen and oxygen atoms in total. The van der Waals surface area contributed by atoms with Gasteiger partial charge < -0.3 is 9.84 Å². The second-order valence-electron chi connectivity index (χ2n) is 6.33. The lowest BCUT2D eigenvalue weighted by Gasteiger charge is -2.42. The van der Waals surface area contributed by atoms with Crippen molar-refractivity contribution in [1.82, 2.24) is 4.90 Å². The average Bonchev–Trinajstić information content (AvgIpc) is 2.65. The zero-order chi connectivity index (χ0) is 14.9. The summed E-state index contributed by atoms with van der Waals surface area (Å²) in [6.45, 7) is 2.21. The average molecular weight is 289 g/mol. The molecule has 1 heterocycles. The molecule has 1 aromatic carbocycles. The number of nitrogens with zero attached hydrogens (tertiary/aromatic N) is 1. The van der Waals surface area contributed by atoms with E-state index in [1.807, 2.05) is 30.3 Å². The van der Waals surface area contributed by atoms with Gasteiger partial charge >= 0.3 is 6.09 Å². The zero-order valence-corrected chi connectivity index (χ0v) is 12.5. The van der Waals surface area contributed by atoms with Gasteiger partial charge in [0.15, 0.2) is 11.3 Å². The lowest BCUT2D eigenvalue weighted by atomic mass is 9.77. The first kappa shape index (κ1) is 14.4. The first-order valence-electron chi connectivity index (χ1n) is 7.82. The molecular formula is C17H23NO3. The van der Waals surface area contributed by atoms with E-state index in [-0.39, 0.29) is 6.09 Å². The largest absolute Gasteiger partial charge is 0.438 e. The van der Waals surface area contributed by atoms with E-state index in [9.17, 15) is 9.90 Å². The highest BCUT2D eigenvalue weighted by molar-refractivity contribution is 5.72. The lowest BCUT2D eigenvalue weighted by Crippen LogP contribution is -2.57. The molecule has 1 saturated carbocycles. The Morgan fingerprint density at radius 2 is 1.86 bits per heavy atom. The third-order valence-corrected chi connectivity index (χ3v) is 5.02. The predicted molar refractivity (Wildman–Crippen MR) is 79.8 cm³/mol. The van der Waals surface area contributed by atoms with Crippen molar-refractivity contribution in [3.63, 3.8) is 0 Å². The molecule has 21 heavy (non-hydrogen) atoms. The van der Waals surface area contributed by atoms with Crippen LogP contribution in [0.25, 0.3) is 0 Å². The fraction of sp³-hybridized carbons (Fsp3) is 0.588. The summed E-state index contributed by atoms with van der Waals surface area (Å²) in [6.07, 6.45) is 5.03. The van der Waals surface area contributed by atoms with E-state index in [0.29, 0.717) is 6.54 Å². The minimum Gasteiger partial charge on any atom is -0.438 e. The number of aliphatic hydroxyl groups is 1. The van der Waals surface area contributed by atoms with Crippen LogP contribution in [0, 0.1) is 0 Å². The van der Waals surface area contributed by atoms with Crippen LogP contribution in [0.5, 0.6) is 0 Å². The maximum Gasteiger partial charge on any atom is 0.412 e. The highest BCUT2D eigenvalue weighted by Crippen LogP contribution is 2.46. The van der Waals surface area contributed by atoms with Crippen LogP contribution in [0.1, 0.15) is 44.6 Å². The van der Waals surface area contributed by atoms with Crippen LogP contribution < -0.4 is 0 Å². The number of carbonyl (C=O) groups is 1. The van der Waals surface area contributed by atoms with Gasteiger partial charge in [-0.25, -0.2) is 4.79 Å². The molecule has 114 valence electrons. The molecule has 2 aliphatic rings. The molecule has 1 amide bonds. The van der Waals surface area contributed by atoms with Crippen molar-refractivity contribution < 1.29 is 14.6 Å². The Labute approximate surface area is 125 Å². The standard InChI is InChI=1S/C17H23NO3/c1-16(20)17(11-6-3-7-12-17)21-15(19)18(16)13-10-14-8-4-2-5-9-14/h2,4-5,8-9,20H,3,6-7,10-13H2,1H3/t16-/m0/s1. The number of benzene rings is 1. The first-order valence-corrected chi connectivity index (χ1v) is 7.82. The summed E-state index contributed by atoms with van der Waals surface area (Å²) < 4.78 is 5.64. The lowest BCUT2D eigenvalue weighted by molar-refractivity contribution is -0.158. The molecule has 0 unspecified atom stereocenters. The molecule has 0 bridgehead atoms. The van der Waals surface area contributed by atoms with Gasteiger partial charge in [0.1, 0.15) is 0 Å². The molecule has 4 heteroatoms. The van der Waals surface area contributed by atoms with Crippen molar-refractivity contribution in [2.45, 2.75) is 56.8 Å². The third-order valence-electron chi connectivity index (χ3n) is 5.02. The first-order chi connectivity index (χ1) is 10.1. The quantitative estimate of drug-likeness (QED) is 0.930. The maximum atomic E-state index is 12.2. The van der Waals surface area contributed by atoms with E-state index in [0.717, 1.165) is 44.1 Å². The summed E-state index contributed by atoms with van der Waals surface area (Å²) in [5.74, 6) is 0. The highest BCUT2D eigenvalue weighted by Gasteiger charge is 2.61. The Hall–Kier alpha value is -1.55. The van der Waals surface area contributed by atoms with E-state index in [1.165, 1.54) is 4.90 Å². The van der Waals surface area contributed by atoms with Crippen LogP contribution in [-0.2, 0) is 11.2 Å². The Kier molecular flexibility index (Phi) is 3.66. The van der Waals surface area contributed by atoms with Gasteiger partial charge in [0.05, 0.1) is 0 Å². The van der Waals surface area contributed by atoms with Gasteiger partial charge in [-0.15, -0.1) is 0 Å². The van der Waals surface area contributed by atoms with Crippen LogP contribution in [0.15, 0.2) is 30.3 Å². The van der Waals surface area contributed by atoms with Gasteiger partial charge in [0.2, 0.25) is 0 Å². The minimum atomic E-state index is -1.21. The third kappa shape index (κ3) is 2.42. The molecule has 0 radical (unpaired) electrons. The molecule has 1 spiro atoms. The van der Waals surface area contributed by atoms with Gasteiger partial charge in [-0.1, -0.05) is 36.8 Å². The number of rotatable bonds is 3. The molecule has 3 rings (SSSR count). The van der Waals surface area contributed by atoms with Crippen molar-refractivity contribution in [3.8, 4) is 0 Å². The Morgan fingerprint density at radius 3 is 2.52 bits per heavy atom. The summed E-state index contributed by atoms with van der Waals surface area (Å²) in [4.78, 5) is 13.7. The van der Waals surface area contributed by atoms with Crippen LogP contribution >= 0.6 is 0 Å². The van der Waals surface area contributed by atoms with Gasteiger partial charge in [0.25, 0.3) is 0 Å². The van der Waals surface area contributed by atoms with Crippen molar-refractivity contribution in [1.29, 1.82) is 0 Å². The van der Waals surface area contributed by atoms with E-state index in [1.54, 1.807) is 6.92 Å². The van der Waals surface area contributed by atoms with Crippen molar-refractivity contribution >= 4 is 6.09 Å². The second-order valence-corrected chi connectivity index (χ2v) is 6.33. The van der Waals surface area contributed by atoms with Gasteiger partial charge in [-0.2, -0.15) is 0 Å². The van der Waals surface area contributed by atoms with E-state index in [4.69, 9.17) is 4.74 Å². The second kappa shape index (κ2) is 5.34. The van der Waals surface area contributed by atoms with Crippen LogP contribution in [0.3, 0.4) is 0 Å². The van der Waals surface area contributed by atoms with Gasteiger partial charge in [-0.05, 0) is 44.6 Å². The molecule has 1 aliphatic carbocycles.